The second-order valence-corrected chi connectivity index (χ2v) is 7.91. The summed E-state index contributed by atoms with van der Waals surface area (Å²) in [6.45, 7) is 0.647. The zero-order chi connectivity index (χ0) is 25.3. The Labute approximate surface area is 208 Å². The Bertz CT molecular complexity index is 1420. The van der Waals surface area contributed by atoms with Gasteiger partial charge in [0, 0.05) is 30.4 Å². The van der Waals surface area contributed by atoms with Crippen LogP contribution in [0.5, 0.6) is 5.88 Å². The van der Waals surface area contributed by atoms with Crippen molar-refractivity contribution in [3.05, 3.63) is 107 Å². The van der Waals surface area contributed by atoms with E-state index in [1.807, 2.05) is 24.3 Å². The van der Waals surface area contributed by atoms with E-state index in [1.165, 1.54) is 19.2 Å². The van der Waals surface area contributed by atoms with Crippen LogP contribution in [-0.4, -0.2) is 29.5 Å². The number of pyridine rings is 2. The third-order valence-corrected chi connectivity index (χ3v) is 5.54. The summed E-state index contributed by atoms with van der Waals surface area (Å²) < 4.78 is 18.8. The Balaban J connectivity index is 1.59. The Morgan fingerprint density at radius 3 is 2.75 bits per heavy atom. The molecule has 0 aliphatic heterocycles. The van der Waals surface area contributed by atoms with Crippen LogP contribution < -0.4 is 15.4 Å². The summed E-state index contributed by atoms with van der Waals surface area (Å²) in [6, 6.07) is 22.7. The SMILES string of the molecule is COc1ncccc1CNC(=O)c1ccc(-c2ccccc2C#N)nc1NCCc1cccc(F)c1. The van der Waals surface area contributed by atoms with Gasteiger partial charge in [-0.15, -0.1) is 0 Å². The second-order valence-electron chi connectivity index (χ2n) is 7.91. The van der Waals surface area contributed by atoms with Gasteiger partial charge < -0.3 is 15.4 Å². The van der Waals surface area contributed by atoms with Crippen LogP contribution in [0.15, 0.2) is 79.0 Å². The van der Waals surface area contributed by atoms with Crippen LogP contribution >= 0.6 is 0 Å². The average molecular weight is 482 g/mol. The van der Waals surface area contributed by atoms with Crippen molar-refractivity contribution >= 4 is 11.7 Å². The zero-order valence-electron chi connectivity index (χ0n) is 19.7. The van der Waals surface area contributed by atoms with E-state index in [-0.39, 0.29) is 18.3 Å². The Hall–Kier alpha value is -4.77. The van der Waals surface area contributed by atoms with E-state index < -0.39 is 0 Å². The quantitative estimate of drug-likeness (QED) is 0.358. The lowest BCUT2D eigenvalue weighted by molar-refractivity contribution is 0.0951. The predicted molar refractivity (Wildman–Crippen MR) is 135 cm³/mol. The number of benzene rings is 2. The summed E-state index contributed by atoms with van der Waals surface area (Å²) in [5.41, 5.74) is 3.61. The van der Waals surface area contributed by atoms with Gasteiger partial charge in [0.2, 0.25) is 5.88 Å². The molecule has 2 aromatic heterocycles. The summed E-state index contributed by atoms with van der Waals surface area (Å²) >= 11 is 0. The minimum atomic E-state index is -0.332. The molecule has 2 heterocycles. The molecule has 2 N–H and O–H groups in total. The Morgan fingerprint density at radius 2 is 1.94 bits per heavy atom. The minimum Gasteiger partial charge on any atom is -0.481 e. The van der Waals surface area contributed by atoms with E-state index in [0.717, 1.165) is 11.1 Å². The molecule has 0 unspecified atom stereocenters. The number of carbonyl (C=O) groups excluding carboxylic acids is 1. The summed E-state index contributed by atoms with van der Waals surface area (Å²) in [4.78, 5) is 22.0. The van der Waals surface area contributed by atoms with Gasteiger partial charge in [0.1, 0.15) is 11.6 Å². The number of nitrogens with zero attached hydrogens (tertiary/aromatic N) is 3. The lowest BCUT2D eigenvalue weighted by Gasteiger charge is -2.14. The van der Waals surface area contributed by atoms with Crippen LogP contribution in [0.3, 0.4) is 0 Å². The second kappa shape index (κ2) is 11.6. The number of methoxy groups -OCH3 is 1. The first-order valence-electron chi connectivity index (χ1n) is 11.3. The van der Waals surface area contributed by atoms with Gasteiger partial charge in [-0.25, -0.2) is 14.4 Å². The van der Waals surface area contributed by atoms with Gasteiger partial charge >= 0.3 is 0 Å². The molecule has 0 aliphatic carbocycles. The summed E-state index contributed by atoms with van der Waals surface area (Å²) in [6.07, 6.45) is 2.15. The summed E-state index contributed by atoms with van der Waals surface area (Å²) in [5, 5.41) is 15.6. The van der Waals surface area contributed by atoms with Crippen LogP contribution in [0.1, 0.15) is 27.0 Å². The molecular formula is C28H24FN5O2. The molecule has 0 atom stereocenters. The van der Waals surface area contributed by atoms with Gasteiger partial charge in [-0.1, -0.05) is 36.4 Å². The highest BCUT2D eigenvalue weighted by molar-refractivity contribution is 5.99. The third-order valence-electron chi connectivity index (χ3n) is 5.54. The fourth-order valence-electron chi connectivity index (χ4n) is 3.76. The third kappa shape index (κ3) is 5.83. The maximum Gasteiger partial charge on any atom is 0.255 e. The summed E-state index contributed by atoms with van der Waals surface area (Å²) in [5.74, 6) is 0.175. The number of hydrogen-bond acceptors (Lipinski definition) is 6. The molecule has 7 nitrogen and oxygen atoms in total. The lowest BCUT2D eigenvalue weighted by Crippen LogP contribution is -2.25. The lowest BCUT2D eigenvalue weighted by atomic mass is 10.0. The Kier molecular flexibility index (Phi) is 7.83. The molecule has 180 valence electrons. The maximum atomic E-state index is 13.6. The highest BCUT2D eigenvalue weighted by Gasteiger charge is 2.16. The smallest absolute Gasteiger partial charge is 0.255 e. The van der Waals surface area contributed by atoms with Gasteiger partial charge in [-0.05, 0) is 48.4 Å². The number of amides is 1. The molecule has 1 amide bonds. The van der Waals surface area contributed by atoms with Crippen molar-refractivity contribution in [2.24, 2.45) is 0 Å². The van der Waals surface area contributed by atoms with Crippen molar-refractivity contribution in [2.45, 2.75) is 13.0 Å². The monoisotopic (exact) mass is 481 g/mol. The van der Waals surface area contributed by atoms with Crippen molar-refractivity contribution < 1.29 is 13.9 Å². The molecule has 0 saturated heterocycles. The highest BCUT2D eigenvalue weighted by atomic mass is 19.1. The number of halogens is 1. The molecule has 4 rings (SSSR count). The predicted octanol–water partition coefficient (Wildman–Crippen LogP) is 4.75. The van der Waals surface area contributed by atoms with E-state index in [0.29, 0.717) is 47.0 Å². The number of rotatable bonds is 9. The van der Waals surface area contributed by atoms with Crippen molar-refractivity contribution in [3.63, 3.8) is 0 Å². The number of anilines is 1. The van der Waals surface area contributed by atoms with E-state index in [4.69, 9.17) is 4.74 Å². The van der Waals surface area contributed by atoms with Gasteiger partial charge in [0.05, 0.1) is 30.0 Å². The highest BCUT2D eigenvalue weighted by Crippen LogP contribution is 2.25. The van der Waals surface area contributed by atoms with Crippen molar-refractivity contribution in [3.8, 4) is 23.2 Å². The average Bonchev–Trinajstić information content (AvgIpc) is 2.92. The molecule has 0 saturated carbocycles. The van der Waals surface area contributed by atoms with Gasteiger partial charge in [0.15, 0.2) is 0 Å². The minimum absolute atomic E-state index is 0.220. The van der Waals surface area contributed by atoms with Gasteiger partial charge in [-0.3, -0.25) is 4.79 Å². The molecular weight excluding hydrogens is 457 g/mol. The number of ether oxygens (including phenoxy) is 1. The first kappa shape index (κ1) is 24.4. The van der Waals surface area contributed by atoms with E-state index >= 15 is 0 Å². The molecule has 2 aromatic carbocycles. The molecule has 36 heavy (non-hydrogen) atoms. The molecule has 4 aromatic rings. The molecule has 0 bridgehead atoms. The number of aromatic nitrogens is 2. The van der Waals surface area contributed by atoms with Gasteiger partial charge in [0.25, 0.3) is 5.91 Å². The van der Waals surface area contributed by atoms with Crippen LogP contribution in [0, 0.1) is 17.1 Å². The fraction of sp³-hybridized carbons (Fsp3) is 0.143. The Morgan fingerprint density at radius 1 is 1.08 bits per heavy atom. The normalized spacial score (nSPS) is 10.4. The van der Waals surface area contributed by atoms with Crippen molar-refractivity contribution in [2.75, 3.05) is 19.0 Å². The molecule has 0 fully saturated rings. The van der Waals surface area contributed by atoms with Crippen LogP contribution in [0.4, 0.5) is 10.2 Å². The first-order valence-corrected chi connectivity index (χ1v) is 11.3. The number of carbonyl (C=O) groups is 1. The van der Waals surface area contributed by atoms with Crippen LogP contribution in [-0.2, 0) is 13.0 Å². The van der Waals surface area contributed by atoms with Gasteiger partial charge in [-0.2, -0.15) is 5.26 Å². The van der Waals surface area contributed by atoms with Crippen LogP contribution in [0.25, 0.3) is 11.3 Å². The number of nitrogens with one attached hydrogen (secondary N) is 2. The zero-order valence-corrected chi connectivity index (χ0v) is 19.7. The van der Waals surface area contributed by atoms with E-state index in [1.54, 1.807) is 42.6 Å². The first-order chi connectivity index (χ1) is 17.6. The summed E-state index contributed by atoms with van der Waals surface area (Å²) in [7, 11) is 1.52. The largest absolute Gasteiger partial charge is 0.481 e. The standard InChI is InChI=1S/C28H24FN5O2/c1-36-28-21(8-5-14-32-28)18-33-27(35)24-11-12-25(23-10-3-2-7-20(23)17-30)34-26(24)31-15-13-19-6-4-9-22(29)16-19/h2-12,14,16H,13,15,18H2,1H3,(H,31,34)(H,33,35). The van der Waals surface area contributed by atoms with Crippen molar-refractivity contribution in [1.82, 2.24) is 15.3 Å². The molecule has 8 heteroatoms. The van der Waals surface area contributed by atoms with E-state index in [9.17, 15) is 14.4 Å². The van der Waals surface area contributed by atoms with Crippen LogP contribution in [0.2, 0.25) is 0 Å². The molecule has 0 spiro atoms. The number of hydrogen-bond donors (Lipinski definition) is 2. The van der Waals surface area contributed by atoms with Crippen molar-refractivity contribution in [1.29, 1.82) is 5.26 Å². The topological polar surface area (TPSA) is 99.9 Å². The van der Waals surface area contributed by atoms with E-state index in [2.05, 4.69) is 26.7 Å². The maximum absolute atomic E-state index is 13.6. The molecule has 0 aliphatic rings. The molecule has 0 radical (unpaired) electrons. The number of nitriles is 1. The fourth-order valence-corrected chi connectivity index (χ4v) is 3.76.